The van der Waals surface area contributed by atoms with Gasteiger partial charge >= 0.3 is 0 Å². The zero-order valence-corrected chi connectivity index (χ0v) is 11.4. The molecule has 3 nitrogen and oxygen atoms in total. The van der Waals surface area contributed by atoms with E-state index in [0.717, 1.165) is 18.7 Å². The summed E-state index contributed by atoms with van der Waals surface area (Å²) in [6, 6.07) is 8.08. The van der Waals surface area contributed by atoms with Gasteiger partial charge in [-0.2, -0.15) is 0 Å². The van der Waals surface area contributed by atoms with Crippen molar-refractivity contribution in [3.8, 4) is 5.75 Å². The Kier molecular flexibility index (Phi) is 3.93. The summed E-state index contributed by atoms with van der Waals surface area (Å²) in [6.45, 7) is 7.70. The van der Waals surface area contributed by atoms with Crippen LogP contribution < -0.4 is 10.1 Å². The Labute approximate surface area is 109 Å². The van der Waals surface area contributed by atoms with Crippen molar-refractivity contribution in [3.05, 3.63) is 29.8 Å². The van der Waals surface area contributed by atoms with E-state index in [1.165, 1.54) is 5.56 Å². The molecule has 2 unspecified atom stereocenters. The number of ether oxygens (including phenoxy) is 1. The van der Waals surface area contributed by atoms with Gasteiger partial charge in [-0.1, -0.05) is 32.0 Å². The molecule has 0 radical (unpaired) electrons. The van der Waals surface area contributed by atoms with Crippen LogP contribution in [0, 0.1) is 0 Å². The maximum absolute atomic E-state index is 10.4. The first-order valence-corrected chi connectivity index (χ1v) is 6.69. The predicted molar refractivity (Wildman–Crippen MR) is 73.1 cm³/mol. The molecule has 1 aromatic rings. The first-order valence-electron chi connectivity index (χ1n) is 6.69. The zero-order chi connectivity index (χ0) is 13.2. The molecule has 2 atom stereocenters. The zero-order valence-electron chi connectivity index (χ0n) is 11.4. The molecule has 1 aliphatic rings. The number of piperidine rings is 1. The molecular formula is C15H23NO2. The summed E-state index contributed by atoms with van der Waals surface area (Å²) < 4.78 is 6.05. The van der Waals surface area contributed by atoms with Crippen LogP contribution in [-0.4, -0.2) is 29.9 Å². The summed E-state index contributed by atoms with van der Waals surface area (Å²) in [5, 5.41) is 13.6. The second kappa shape index (κ2) is 5.29. The van der Waals surface area contributed by atoms with Gasteiger partial charge in [-0.15, -0.1) is 0 Å². The van der Waals surface area contributed by atoms with Crippen LogP contribution in [0.2, 0.25) is 0 Å². The van der Waals surface area contributed by atoms with Crippen molar-refractivity contribution < 1.29 is 9.84 Å². The molecule has 18 heavy (non-hydrogen) atoms. The van der Waals surface area contributed by atoms with Crippen LogP contribution in [0.15, 0.2) is 24.3 Å². The number of benzene rings is 1. The molecule has 0 amide bonds. The normalized spacial score (nSPS) is 28.4. The van der Waals surface area contributed by atoms with Crippen LogP contribution in [0.3, 0.4) is 0 Å². The van der Waals surface area contributed by atoms with Crippen molar-refractivity contribution in [1.29, 1.82) is 0 Å². The summed E-state index contributed by atoms with van der Waals surface area (Å²) >= 11 is 0. The van der Waals surface area contributed by atoms with Gasteiger partial charge in [0.15, 0.2) is 0 Å². The largest absolute Gasteiger partial charge is 0.486 e. The molecule has 0 saturated carbocycles. The predicted octanol–water partition coefficient (Wildman–Crippen LogP) is 2.30. The molecule has 1 aromatic carbocycles. The molecule has 1 heterocycles. The summed E-state index contributed by atoms with van der Waals surface area (Å²) in [6.07, 6.45) is 0.535. The molecule has 0 aromatic heterocycles. The van der Waals surface area contributed by atoms with Crippen LogP contribution in [0.1, 0.15) is 38.7 Å². The first kappa shape index (κ1) is 13.4. The lowest BCUT2D eigenvalue weighted by Crippen LogP contribution is -2.55. The summed E-state index contributed by atoms with van der Waals surface area (Å²) in [5.74, 6) is 1.31. The van der Waals surface area contributed by atoms with Crippen molar-refractivity contribution in [2.24, 2.45) is 0 Å². The molecule has 3 heteroatoms. The minimum Gasteiger partial charge on any atom is -0.486 e. The highest BCUT2D eigenvalue weighted by Crippen LogP contribution is 2.30. The van der Waals surface area contributed by atoms with Crippen LogP contribution in [-0.2, 0) is 0 Å². The summed E-state index contributed by atoms with van der Waals surface area (Å²) in [4.78, 5) is 0. The van der Waals surface area contributed by atoms with Gasteiger partial charge in [0.05, 0.1) is 0 Å². The number of aliphatic hydroxyl groups is 1. The van der Waals surface area contributed by atoms with Gasteiger partial charge < -0.3 is 15.2 Å². The van der Waals surface area contributed by atoms with Gasteiger partial charge in [0, 0.05) is 6.54 Å². The summed E-state index contributed by atoms with van der Waals surface area (Å²) in [7, 11) is 0. The van der Waals surface area contributed by atoms with E-state index in [4.69, 9.17) is 4.74 Å². The molecule has 1 saturated heterocycles. The standard InChI is InChI=1S/C15H23NO2/c1-11(2)12-6-4-5-7-13(12)18-14-10-16-9-8-15(14,3)17/h4-7,11,14,16-17H,8-10H2,1-3H3. The summed E-state index contributed by atoms with van der Waals surface area (Å²) in [5.41, 5.74) is 0.439. The molecule has 0 bridgehead atoms. The van der Waals surface area contributed by atoms with Gasteiger partial charge in [0.2, 0.25) is 0 Å². The highest BCUT2D eigenvalue weighted by atomic mass is 16.5. The molecule has 2 N–H and O–H groups in total. The molecule has 2 rings (SSSR count). The highest BCUT2D eigenvalue weighted by molar-refractivity contribution is 5.36. The SMILES string of the molecule is CC(C)c1ccccc1OC1CNCCC1(C)O. The Bertz CT molecular complexity index is 401. The van der Waals surface area contributed by atoms with Gasteiger partial charge in [0.1, 0.15) is 17.5 Å². The minimum absolute atomic E-state index is 0.189. The maximum Gasteiger partial charge on any atom is 0.139 e. The van der Waals surface area contributed by atoms with Crippen LogP contribution in [0.25, 0.3) is 0 Å². The maximum atomic E-state index is 10.4. The number of para-hydroxylation sites is 1. The van der Waals surface area contributed by atoms with Gasteiger partial charge in [-0.05, 0) is 37.4 Å². The van der Waals surface area contributed by atoms with E-state index >= 15 is 0 Å². The second-order valence-electron chi connectivity index (χ2n) is 5.61. The lowest BCUT2D eigenvalue weighted by atomic mass is 9.91. The minimum atomic E-state index is -0.755. The van der Waals surface area contributed by atoms with E-state index in [-0.39, 0.29) is 6.10 Å². The van der Waals surface area contributed by atoms with Crippen molar-refractivity contribution in [1.82, 2.24) is 5.32 Å². The average molecular weight is 249 g/mol. The van der Waals surface area contributed by atoms with Crippen LogP contribution in [0.5, 0.6) is 5.75 Å². The topological polar surface area (TPSA) is 41.5 Å². The third-order valence-corrected chi connectivity index (χ3v) is 3.64. The number of rotatable bonds is 3. The van der Waals surface area contributed by atoms with Gasteiger partial charge in [-0.25, -0.2) is 0 Å². The quantitative estimate of drug-likeness (QED) is 0.863. The molecule has 1 fully saturated rings. The van der Waals surface area contributed by atoms with E-state index in [9.17, 15) is 5.11 Å². The van der Waals surface area contributed by atoms with Crippen molar-refractivity contribution in [2.75, 3.05) is 13.1 Å². The van der Waals surface area contributed by atoms with Crippen molar-refractivity contribution in [2.45, 2.75) is 44.8 Å². The Morgan fingerprint density at radius 2 is 2.11 bits per heavy atom. The second-order valence-corrected chi connectivity index (χ2v) is 5.61. The van der Waals surface area contributed by atoms with E-state index in [1.807, 2.05) is 25.1 Å². The highest BCUT2D eigenvalue weighted by Gasteiger charge is 2.36. The fourth-order valence-corrected chi connectivity index (χ4v) is 2.34. The van der Waals surface area contributed by atoms with Gasteiger partial charge in [-0.3, -0.25) is 0 Å². The average Bonchev–Trinajstić information content (AvgIpc) is 2.32. The van der Waals surface area contributed by atoms with Crippen LogP contribution >= 0.6 is 0 Å². The van der Waals surface area contributed by atoms with E-state index in [0.29, 0.717) is 12.5 Å². The molecule has 0 aliphatic carbocycles. The van der Waals surface area contributed by atoms with Gasteiger partial charge in [0.25, 0.3) is 0 Å². The third-order valence-electron chi connectivity index (χ3n) is 3.64. The Morgan fingerprint density at radius 1 is 1.39 bits per heavy atom. The molecule has 0 spiro atoms. The Hall–Kier alpha value is -1.06. The van der Waals surface area contributed by atoms with Crippen molar-refractivity contribution >= 4 is 0 Å². The molecule has 100 valence electrons. The Morgan fingerprint density at radius 3 is 2.78 bits per heavy atom. The van der Waals surface area contributed by atoms with E-state index < -0.39 is 5.60 Å². The monoisotopic (exact) mass is 249 g/mol. The fraction of sp³-hybridized carbons (Fsp3) is 0.600. The first-order chi connectivity index (χ1) is 8.50. The number of hydrogen-bond donors (Lipinski definition) is 2. The lowest BCUT2D eigenvalue weighted by molar-refractivity contribution is -0.0661. The van der Waals surface area contributed by atoms with E-state index in [1.54, 1.807) is 0 Å². The van der Waals surface area contributed by atoms with E-state index in [2.05, 4.69) is 25.2 Å². The fourth-order valence-electron chi connectivity index (χ4n) is 2.34. The van der Waals surface area contributed by atoms with Crippen molar-refractivity contribution in [3.63, 3.8) is 0 Å². The van der Waals surface area contributed by atoms with Crippen LogP contribution in [0.4, 0.5) is 0 Å². The molecular weight excluding hydrogens is 226 g/mol. The number of nitrogens with one attached hydrogen (secondary N) is 1. The third kappa shape index (κ3) is 2.85. The Balaban J connectivity index is 2.18. The smallest absolute Gasteiger partial charge is 0.139 e. The lowest BCUT2D eigenvalue weighted by Gasteiger charge is -2.37. The molecule has 1 aliphatic heterocycles. The number of hydrogen-bond acceptors (Lipinski definition) is 3.